The molecule has 15 heavy (non-hydrogen) atoms. The fourth-order valence-electron chi connectivity index (χ4n) is 1.58. The van der Waals surface area contributed by atoms with E-state index in [1.54, 1.807) is 0 Å². The van der Waals surface area contributed by atoms with Gasteiger partial charge in [0, 0.05) is 6.61 Å². The predicted molar refractivity (Wildman–Crippen MR) is 69.0 cm³/mol. The van der Waals surface area contributed by atoms with E-state index in [9.17, 15) is 0 Å². The van der Waals surface area contributed by atoms with Crippen LogP contribution < -0.4 is 0 Å². The monoisotopic (exact) mass is 222 g/mol. The van der Waals surface area contributed by atoms with Gasteiger partial charge in [-0.3, -0.25) is 0 Å². The Morgan fingerprint density at radius 1 is 1.13 bits per heavy atom. The van der Waals surface area contributed by atoms with Gasteiger partial charge in [-0.25, -0.2) is 0 Å². The Morgan fingerprint density at radius 3 is 2.67 bits per heavy atom. The smallest absolute Gasteiger partial charge is 0.161 e. The summed E-state index contributed by atoms with van der Waals surface area (Å²) in [4.78, 5) is 0. The van der Waals surface area contributed by atoms with Crippen molar-refractivity contribution in [2.75, 3.05) is 6.61 Å². The Kier molecular flexibility index (Phi) is 7.22. The van der Waals surface area contributed by atoms with E-state index in [-0.39, 0.29) is 9.76 Å². The molecule has 84 valence electrons. The van der Waals surface area contributed by atoms with Gasteiger partial charge in [-0.05, 0) is 24.4 Å². The van der Waals surface area contributed by atoms with Gasteiger partial charge in [0.05, 0.1) is 0 Å². The quantitative estimate of drug-likeness (QED) is 0.485. The number of aryl methyl sites for hydroxylation is 1. The third-order valence-electron chi connectivity index (χ3n) is 2.49. The Bertz CT molecular complexity index is 236. The van der Waals surface area contributed by atoms with Crippen LogP contribution in [0.5, 0.6) is 0 Å². The van der Waals surface area contributed by atoms with Crippen molar-refractivity contribution in [2.24, 2.45) is 0 Å². The summed E-state index contributed by atoms with van der Waals surface area (Å²) in [6.45, 7) is 3.20. The Morgan fingerprint density at radius 2 is 1.93 bits per heavy atom. The lowest BCUT2D eigenvalue weighted by molar-refractivity contribution is 0.327. The second-order valence-corrected chi connectivity index (χ2v) is 5.43. The highest BCUT2D eigenvalue weighted by molar-refractivity contribution is 6.26. The van der Waals surface area contributed by atoms with E-state index >= 15 is 0 Å². The molecule has 0 heterocycles. The van der Waals surface area contributed by atoms with E-state index in [1.807, 2.05) is 0 Å². The molecule has 0 spiro atoms. The highest BCUT2D eigenvalue weighted by Gasteiger charge is 1.92. The number of unbranched alkanes of at least 4 members (excludes halogenated alkanes) is 1. The summed E-state index contributed by atoms with van der Waals surface area (Å²) >= 11 is 0. The molecule has 1 nitrogen and oxygen atoms in total. The number of hydrogen-bond donors (Lipinski definition) is 0. The van der Waals surface area contributed by atoms with Crippen LogP contribution in [0.25, 0.3) is 0 Å². The van der Waals surface area contributed by atoms with Crippen molar-refractivity contribution in [1.82, 2.24) is 0 Å². The standard InChI is InChI=1S/C13H22OSi/c1-2-3-12-15-14-11-7-10-13-8-5-4-6-9-13/h4-6,8-9H,2-3,7,10-12,15H2,1H3. The van der Waals surface area contributed by atoms with Crippen LogP contribution in [0.2, 0.25) is 6.04 Å². The van der Waals surface area contributed by atoms with Crippen molar-refractivity contribution in [2.45, 2.75) is 38.7 Å². The normalized spacial score (nSPS) is 11.3. The average Bonchev–Trinajstić information content (AvgIpc) is 2.29. The second kappa shape index (κ2) is 8.68. The van der Waals surface area contributed by atoms with Gasteiger partial charge in [-0.15, -0.1) is 0 Å². The SMILES string of the molecule is CCCC[SiH2]OCCCc1ccccc1. The van der Waals surface area contributed by atoms with E-state index in [2.05, 4.69) is 37.3 Å². The number of hydrogen-bond acceptors (Lipinski definition) is 1. The lowest BCUT2D eigenvalue weighted by atomic mass is 10.1. The molecular formula is C13H22OSi. The summed E-state index contributed by atoms with van der Waals surface area (Å²) in [7, 11) is -0.200. The number of benzene rings is 1. The van der Waals surface area contributed by atoms with Crippen LogP contribution in [-0.4, -0.2) is 16.4 Å². The molecule has 0 aliphatic carbocycles. The summed E-state index contributed by atoms with van der Waals surface area (Å²) in [5.74, 6) is 0. The molecule has 0 unspecified atom stereocenters. The van der Waals surface area contributed by atoms with Gasteiger partial charge in [-0.2, -0.15) is 0 Å². The molecule has 1 aromatic rings. The summed E-state index contributed by atoms with van der Waals surface area (Å²) in [5.41, 5.74) is 1.43. The molecule has 0 atom stereocenters. The summed E-state index contributed by atoms with van der Waals surface area (Å²) in [6, 6.07) is 12.0. The Hall–Kier alpha value is -0.603. The van der Waals surface area contributed by atoms with Crippen LogP contribution in [0, 0.1) is 0 Å². The van der Waals surface area contributed by atoms with Crippen molar-refractivity contribution in [1.29, 1.82) is 0 Å². The molecule has 0 saturated carbocycles. The minimum atomic E-state index is -0.200. The van der Waals surface area contributed by atoms with Gasteiger partial charge < -0.3 is 4.43 Å². The lowest BCUT2D eigenvalue weighted by Gasteiger charge is -2.03. The van der Waals surface area contributed by atoms with E-state index in [1.165, 1.54) is 30.9 Å². The maximum Gasteiger partial charge on any atom is 0.161 e. The van der Waals surface area contributed by atoms with Gasteiger partial charge in [0.2, 0.25) is 0 Å². The number of rotatable bonds is 8. The van der Waals surface area contributed by atoms with Crippen LogP contribution in [0.1, 0.15) is 31.7 Å². The molecule has 0 aliphatic rings. The molecule has 0 radical (unpaired) electrons. The molecule has 0 bridgehead atoms. The first-order chi connectivity index (χ1) is 7.43. The molecule has 2 heteroatoms. The van der Waals surface area contributed by atoms with Crippen molar-refractivity contribution >= 4 is 9.76 Å². The Balaban J connectivity index is 1.93. The molecule has 0 saturated heterocycles. The zero-order chi connectivity index (χ0) is 10.8. The van der Waals surface area contributed by atoms with Gasteiger partial charge in [0.15, 0.2) is 9.76 Å². The molecule has 1 rings (SSSR count). The van der Waals surface area contributed by atoms with E-state index in [0.717, 1.165) is 13.0 Å². The molecular weight excluding hydrogens is 200 g/mol. The molecule has 0 amide bonds. The summed E-state index contributed by atoms with van der Waals surface area (Å²) < 4.78 is 5.70. The second-order valence-electron chi connectivity index (χ2n) is 3.91. The summed E-state index contributed by atoms with van der Waals surface area (Å²) in [5, 5.41) is 0. The molecule has 0 N–H and O–H groups in total. The van der Waals surface area contributed by atoms with Gasteiger partial charge in [0.25, 0.3) is 0 Å². The van der Waals surface area contributed by atoms with Gasteiger partial charge >= 0.3 is 0 Å². The highest BCUT2D eigenvalue weighted by Crippen LogP contribution is 2.02. The van der Waals surface area contributed by atoms with Crippen molar-refractivity contribution in [3.05, 3.63) is 35.9 Å². The van der Waals surface area contributed by atoms with E-state index in [0.29, 0.717) is 0 Å². The van der Waals surface area contributed by atoms with Gasteiger partial charge in [0.1, 0.15) is 0 Å². The van der Waals surface area contributed by atoms with Crippen LogP contribution in [0.4, 0.5) is 0 Å². The topological polar surface area (TPSA) is 9.23 Å². The van der Waals surface area contributed by atoms with Crippen LogP contribution in [0.3, 0.4) is 0 Å². The molecule has 0 aromatic heterocycles. The van der Waals surface area contributed by atoms with Gasteiger partial charge in [-0.1, -0.05) is 50.1 Å². The van der Waals surface area contributed by atoms with Crippen molar-refractivity contribution in [3.8, 4) is 0 Å². The first-order valence-corrected chi connectivity index (χ1v) is 7.63. The molecule has 0 aliphatic heterocycles. The zero-order valence-corrected chi connectivity index (χ0v) is 11.2. The summed E-state index contributed by atoms with van der Waals surface area (Å²) in [6.07, 6.45) is 4.98. The average molecular weight is 222 g/mol. The minimum absolute atomic E-state index is 0.200. The first-order valence-electron chi connectivity index (χ1n) is 6.05. The highest BCUT2D eigenvalue weighted by atomic mass is 28.2. The maximum absolute atomic E-state index is 5.70. The third-order valence-corrected chi connectivity index (χ3v) is 3.86. The zero-order valence-electron chi connectivity index (χ0n) is 9.74. The van der Waals surface area contributed by atoms with Crippen LogP contribution >= 0.6 is 0 Å². The fraction of sp³-hybridized carbons (Fsp3) is 0.538. The van der Waals surface area contributed by atoms with Crippen LogP contribution in [-0.2, 0) is 10.8 Å². The van der Waals surface area contributed by atoms with E-state index < -0.39 is 0 Å². The predicted octanol–water partition coefficient (Wildman–Crippen LogP) is 2.94. The maximum atomic E-state index is 5.70. The largest absolute Gasteiger partial charge is 0.424 e. The van der Waals surface area contributed by atoms with Crippen molar-refractivity contribution < 1.29 is 4.43 Å². The molecule has 1 aromatic carbocycles. The van der Waals surface area contributed by atoms with Crippen LogP contribution in [0.15, 0.2) is 30.3 Å². The lowest BCUT2D eigenvalue weighted by Crippen LogP contribution is -2.01. The fourth-order valence-corrected chi connectivity index (χ4v) is 2.90. The van der Waals surface area contributed by atoms with E-state index in [4.69, 9.17) is 4.43 Å². The molecule has 0 fully saturated rings. The first kappa shape index (κ1) is 12.5. The Labute approximate surface area is 95.8 Å². The third kappa shape index (κ3) is 6.47. The van der Waals surface area contributed by atoms with Crippen molar-refractivity contribution in [3.63, 3.8) is 0 Å². The minimum Gasteiger partial charge on any atom is -0.424 e.